The van der Waals surface area contributed by atoms with Gasteiger partial charge in [0.1, 0.15) is 0 Å². The van der Waals surface area contributed by atoms with Crippen molar-refractivity contribution in [2.24, 2.45) is 0 Å². The van der Waals surface area contributed by atoms with Gasteiger partial charge in [0.15, 0.2) is 11.5 Å². The zero-order valence-corrected chi connectivity index (χ0v) is 17.0. The van der Waals surface area contributed by atoms with E-state index in [2.05, 4.69) is 50.6 Å². The van der Waals surface area contributed by atoms with E-state index in [-0.39, 0.29) is 5.69 Å². The van der Waals surface area contributed by atoms with Crippen molar-refractivity contribution in [3.05, 3.63) is 79.5 Å². The Balaban J connectivity index is 1.49. The van der Waals surface area contributed by atoms with Gasteiger partial charge in [0.2, 0.25) is 0 Å². The fourth-order valence-electron chi connectivity index (χ4n) is 4.36. The standard InChI is InChI=1S/C23H23N5O2/c1-13-9-18-19(10-14(13)2)28(21-20(25-18)22(29)27-23(30)26-21)8-7-24-17-11-15-5-3-4-6-16(15)12-17/h3-6,9-10,17,24H,7-8,11-12H2,1-2H3,(H,27,29,30). The van der Waals surface area contributed by atoms with Crippen LogP contribution in [0.25, 0.3) is 22.6 Å². The maximum Gasteiger partial charge on any atom is 0.349 e. The molecule has 0 aromatic heterocycles. The molecule has 0 atom stereocenters. The number of nitrogens with zero attached hydrogens (tertiary/aromatic N) is 3. The Labute approximate surface area is 173 Å². The Hall–Kier alpha value is -3.32. The summed E-state index contributed by atoms with van der Waals surface area (Å²) in [4.78, 5) is 35.1. The predicted molar refractivity (Wildman–Crippen MR) is 116 cm³/mol. The second kappa shape index (κ2) is 7.18. The van der Waals surface area contributed by atoms with Crippen LogP contribution in [0.4, 0.5) is 0 Å². The summed E-state index contributed by atoms with van der Waals surface area (Å²) < 4.78 is 1.94. The summed E-state index contributed by atoms with van der Waals surface area (Å²) in [5.41, 5.74) is 5.68. The Kier molecular flexibility index (Phi) is 4.47. The minimum Gasteiger partial charge on any atom is -0.321 e. The molecule has 0 bridgehead atoms. The van der Waals surface area contributed by atoms with E-state index in [0.717, 1.165) is 35.0 Å². The molecule has 152 valence electrons. The van der Waals surface area contributed by atoms with Gasteiger partial charge in [0.25, 0.3) is 5.56 Å². The number of hydrogen-bond acceptors (Lipinski definition) is 5. The highest BCUT2D eigenvalue weighted by atomic mass is 16.2. The second-order valence-corrected chi connectivity index (χ2v) is 8.06. The van der Waals surface area contributed by atoms with Gasteiger partial charge >= 0.3 is 5.69 Å². The van der Waals surface area contributed by atoms with E-state index in [1.54, 1.807) is 0 Å². The fourth-order valence-corrected chi connectivity index (χ4v) is 4.36. The Morgan fingerprint density at radius 1 is 1.07 bits per heavy atom. The zero-order valence-electron chi connectivity index (χ0n) is 17.0. The number of rotatable bonds is 4. The van der Waals surface area contributed by atoms with E-state index in [9.17, 15) is 9.59 Å². The quantitative estimate of drug-likeness (QED) is 0.510. The van der Waals surface area contributed by atoms with Gasteiger partial charge in [-0.05, 0) is 61.1 Å². The van der Waals surface area contributed by atoms with Crippen molar-refractivity contribution < 1.29 is 0 Å². The monoisotopic (exact) mass is 401 g/mol. The van der Waals surface area contributed by atoms with E-state index >= 15 is 0 Å². The molecule has 2 heterocycles. The fraction of sp³-hybridized carbons (Fsp3) is 0.304. The van der Waals surface area contributed by atoms with Crippen molar-refractivity contribution in [2.45, 2.75) is 39.3 Å². The molecule has 0 saturated heterocycles. The third-order valence-corrected chi connectivity index (χ3v) is 6.04. The minimum atomic E-state index is -0.648. The number of hydrogen-bond donors (Lipinski definition) is 2. The van der Waals surface area contributed by atoms with Gasteiger partial charge in [-0.2, -0.15) is 4.98 Å². The normalized spacial score (nSPS) is 13.9. The molecule has 5 rings (SSSR count). The maximum atomic E-state index is 12.4. The molecule has 30 heavy (non-hydrogen) atoms. The van der Waals surface area contributed by atoms with Gasteiger partial charge in [0, 0.05) is 19.1 Å². The van der Waals surface area contributed by atoms with Crippen LogP contribution in [0.1, 0.15) is 22.3 Å². The Morgan fingerprint density at radius 3 is 2.50 bits per heavy atom. The molecule has 2 aromatic rings. The van der Waals surface area contributed by atoms with Crippen LogP contribution < -0.4 is 16.6 Å². The lowest BCUT2D eigenvalue weighted by Crippen LogP contribution is -2.34. The molecule has 3 aliphatic rings. The lowest BCUT2D eigenvalue weighted by molar-refractivity contribution is 0.506. The summed E-state index contributed by atoms with van der Waals surface area (Å²) in [7, 11) is 0. The smallest absolute Gasteiger partial charge is 0.321 e. The number of aromatic amines is 1. The van der Waals surface area contributed by atoms with Gasteiger partial charge < -0.3 is 9.88 Å². The SMILES string of the molecule is Cc1cc2nc3c(=O)[nH]c(=O)nc-3n(CCNC3Cc4ccccc4C3)c2cc1C. The summed E-state index contributed by atoms with van der Waals surface area (Å²) in [6.07, 6.45) is 2.03. The van der Waals surface area contributed by atoms with E-state index in [1.807, 2.05) is 24.5 Å². The molecule has 7 nitrogen and oxygen atoms in total. The first kappa shape index (κ1) is 18.7. The second-order valence-electron chi connectivity index (χ2n) is 8.06. The molecule has 2 N–H and O–H groups in total. The first-order chi connectivity index (χ1) is 14.5. The molecule has 2 aromatic carbocycles. The minimum absolute atomic E-state index is 0.193. The number of aryl methyl sites for hydroxylation is 2. The van der Waals surface area contributed by atoms with Crippen LogP contribution in [0.3, 0.4) is 0 Å². The molecule has 1 aliphatic carbocycles. The van der Waals surface area contributed by atoms with Gasteiger partial charge in [-0.3, -0.25) is 9.78 Å². The van der Waals surface area contributed by atoms with Crippen LogP contribution in [-0.4, -0.2) is 32.1 Å². The Morgan fingerprint density at radius 2 is 1.77 bits per heavy atom. The van der Waals surface area contributed by atoms with Crippen molar-refractivity contribution in [3.63, 3.8) is 0 Å². The molecular weight excluding hydrogens is 378 g/mol. The van der Waals surface area contributed by atoms with Crippen molar-refractivity contribution in [3.8, 4) is 11.5 Å². The number of H-pyrrole nitrogens is 1. The molecule has 2 aliphatic heterocycles. The van der Waals surface area contributed by atoms with Gasteiger partial charge in [0.05, 0.1) is 11.0 Å². The number of benzene rings is 2. The van der Waals surface area contributed by atoms with Gasteiger partial charge in [-0.15, -0.1) is 0 Å². The van der Waals surface area contributed by atoms with Gasteiger partial charge in [-0.1, -0.05) is 24.3 Å². The zero-order chi connectivity index (χ0) is 20.8. The van der Waals surface area contributed by atoms with Crippen LogP contribution in [-0.2, 0) is 19.4 Å². The van der Waals surface area contributed by atoms with Gasteiger partial charge in [-0.25, -0.2) is 9.78 Å². The highest BCUT2D eigenvalue weighted by molar-refractivity contribution is 5.81. The molecule has 0 radical (unpaired) electrons. The predicted octanol–water partition coefficient (Wildman–Crippen LogP) is 1.96. The maximum absolute atomic E-state index is 12.4. The number of nitrogens with one attached hydrogen (secondary N) is 2. The average Bonchev–Trinajstić information content (AvgIpc) is 3.12. The van der Waals surface area contributed by atoms with Crippen LogP contribution >= 0.6 is 0 Å². The molecule has 0 spiro atoms. The van der Waals surface area contributed by atoms with E-state index in [1.165, 1.54) is 11.1 Å². The van der Waals surface area contributed by atoms with Crippen LogP contribution in [0, 0.1) is 13.8 Å². The summed E-state index contributed by atoms with van der Waals surface area (Å²) in [6.45, 7) is 5.35. The molecule has 0 amide bonds. The Bertz CT molecular complexity index is 1330. The molecule has 0 saturated carbocycles. The first-order valence-electron chi connectivity index (χ1n) is 10.2. The third kappa shape index (κ3) is 3.21. The summed E-state index contributed by atoms with van der Waals surface area (Å²) in [6, 6.07) is 13.0. The van der Waals surface area contributed by atoms with Crippen molar-refractivity contribution in [1.29, 1.82) is 0 Å². The summed E-state index contributed by atoms with van der Waals surface area (Å²) >= 11 is 0. The molecular formula is C23H23N5O2. The molecule has 7 heteroatoms. The lowest BCUT2D eigenvalue weighted by atomic mass is 10.1. The van der Waals surface area contributed by atoms with E-state index < -0.39 is 11.2 Å². The van der Waals surface area contributed by atoms with Crippen LogP contribution in [0.5, 0.6) is 0 Å². The number of fused-ring (bicyclic) bond motifs is 3. The first-order valence-corrected chi connectivity index (χ1v) is 10.2. The number of aromatic nitrogens is 4. The highest BCUT2D eigenvalue weighted by Gasteiger charge is 2.22. The summed E-state index contributed by atoms with van der Waals surface area (Å²) in [5.74, 6) is 0.330. The van der Waals surface area contributed by atoms with E-state index in [0.29, 0.717) is 25.0 Å². The lowest BCUT2D eigenvalue weighted by Gasteiger charge is -2.19. The largest absolute Gasteiger partial charge is 0.349 e. The topological polar surface area (TPSA) is 92.7 Å². The third-order valence-electron chi connectivity index (χ3n) is 6.04. The summed E-state index contributed by atoms with van der Waals surface area (Å²) in [5, 5.41) is 3.63. The average molecular weight is 401 g/mol. The van der Waals surface area contributed by atoms with E-state index in [4.69, 9.17) is 0 Å². The highest BCUT2D eigenvalue weighted by Crippen LogP contribution is 2.24. The van der Waals surface area contributed by atoms with Crippen molar-refractivity contribution >= 4 is 11.0 Å². The van der Waals surface area contributed by atoms with Crippen LogP contribution in [0.2, 0.25) is 0 Å². The molecule has 0 unspecified atom stereocenters. The van der Waals surface area contributed by atoms with Crippen LogP contribution in [0.15, 0.2) is 46.0 Å². The van der Waals surface area contributed by atoms with Crippen molar-refractivity contribution in [1.82, 2.24) is 24.8 Å². The molecule has 0 fully saturated rings. The van der Waals surface area contributed by atoms with Crippen molar-refractivity contribution in [2.75, 3.05) is 6.54 Å².